The Morgan fingerprint density at radius 2 is 2.05 bits per heavy atom. The van der Waals surface area contributed by atoms with Gasteiger partial charge < -0.3 is 5.11 Å². The third kappa shape index (κ3) is 6.09. The van der Waals surface area contributed by atoms with Gasteiger partial charge in [0.05, 0.1) is 6.61 Å². The molecular formula is C17H27NOS. The Hall–Kier alpha value is -0.820. The molecule has 0 saturated carbocycles. The number of thiophene rings is 1. The van der Waals surface area contributed by atoms with Crippen LogP contribution in [0, 0.1) is 17.8 Å². The molecule has 0 bridgehead atoms. The molecule has 0 amide bonds. The lowest BCUT2D eigenvalue weighted by atomic mass is 10.0. The summed E-state index contributed by atoms with van der Waals surface area (Å²) in [5.74, 6) is 6.88. The van der Waals surface area contributed by atoms with Crippen molar-refractivity contribution < 1.29 is 5.11 Å². The van der Waals surface area contributed by atoms with Crippen molar-refractivity contribution >= 4 is 11.3 Å². The highest BCUT2D eigenvalue weighted by molar-refractivity contribution is 7.10. The Labute approximate surface area is 127 Å². The van der Waals surface area contributed by atoms with Crippen molar-refractivity contribution in [1.82, 2.24) is 4.90 Å². The molecule has 3 heteroatoms. The highest BCUT2D eigenvalue weighted by Crippen LogP contribution is 2.18. The topological polar surface area (TPSA) is 23.5 Å². The van der Waals surface area contributed by atoms with Crippen molar-refractivity contribution in [1.29, 1.82) is 0 Å². The van der Waals surface area contributed by atoms with E-state index in [0.717, 1.165) is 24.6 Å². The summed E-state index contributed by atoms with van der Waals surface area (Å²) in [6, 6.07) is 2.19. The summed E-state index contributed by atoms with van der Waals surface area (Å²) in [5.41, 5.74) is 1.08. The maximum Gasteiger partial charge on any atom is 0.0540 e. The summed E-state index contributed by atoms with van der Waals surface area (Å²) in [6.45, 7) is 10.2. The van der Waals surface area contributed by atoms with E-state index in [2.05, 4.69) is 49.0 Å². The predicted molar refractivity (Wildman–Crippen MR) is 87.9 cm³/mol. The van der Waals surface area contributed by atoms with Crippen LogP contribution in [0.5, 0.6) is 0 Å². The molecule has 1 aromatic rings. The minimum absolute atomic E-state index is 0.142. The molecule has 0 aliphatic carbocycles. The van der Waals surface area contributed by atoms with Gasteiger partial charge in [0, 0.05) is 35.3 Å². The molecule has 1 N–H and O–H groups in total. The molecule has 112 valence electrons. The van der Waals surface area contributed by atoms with Gasteiger partial charge in [-0.3, -0.25) is 4.90 Å². The molecule has 0 fully saturated rings. The van der Waals surface area contributed by atoms with Crippen LogP contribution in [-0.4, -0.2) is 29.7 Å². The maximum absolute atomic E-state index is 8.72. The van der Waals surface area contributed by atoms with E-state index >= 15 is 0 Å². The standard InChI is InChI=1S/C17H27NOS/c1-4-15(5-2)12-18(6-3)13-17-11-16(14-20-17)9-7-8-10-19/h11,14-15,19H,4-6,8,10,12-13H2,1-3H3. The summed E-state index contributed by atoms with van der Waals surface area (Å²) in [6.07, 6.45) is 3.07. The summed E-state index contributed by atoms with van der Waals surface area (Å²) < 4.78 is 0. The Morgan fingerprint density at radius 3 is 2.65 bits per heavy atom. The van der Waals surface area contributed by atoms with Crippen LogP contribution >= 0.6 is 11.3 Å². The van der Waals surface area contributed by atoms with Gasteiger partial charge in [-0.1, -0.05) is 45.5 Å². The summed E-state index contributed by atoms with van der Waals surface area (Å²) in [5, 5.41) is 10.8. The van der Waals surface area contributed by atoms with Crippen molar-refractivity contribution in [3.63, 3.8) is 0 Å². The van der Waals surface area contributed by atoms with Crippen molar-refractivity contribution in [2.75, 3.05) is 19.7 Å². The molecule has 0 saturated heterocycles. The highest BCUT2D eigenvalue weighted by atomic mass is 32.1. The van der Waals surface area contributed by atoms with Crippen LogP contribution in [-0.2, 0) is 6.54 Å². The summed E-state index contributed by atoms with van der Waals surface area (Å²) in [7, 11) is 0. The number of rotatable bonds is 8. The van der Waals surface area contributed by atoms with Crippen LogP contribution in [0.15, 0.2) is 11.4 Å². The van der Waals surface area contributed by atoms with E-state index in [1.165, 1.54) is 24.3 Å². The van der Waals surface area contributed by atoms with Gasteiger partial charge >= 0.3 is 0 Å². The lowest BCUT2D eigenvalue weighted by Crippen LogP contribution is -2.28. The molecule has 0 aliphatic rings. The van der Waals surface area contributed by atoms with E-state index in [1.807, 2.05) is 0 Å². The Morgan fingerprint density at radius 1 is 1.30 bits per heavy atom. The lowest BCUT2D eigenvalue weighted by molar-refractivity contribution is 0.228. The van der Waals surface area contributed by atoms with Gasteiger partial charge in [0.1, 0.15) is 0 Å². The molecular weight excluding hydrogens is 266 g/mol. The molecule has 20 heavy (non-hydrogen) atoms. The first-order chi connectivity index (χ1) is 9.73. The maximum atomic E-state index is 8.72. The van der Waals surface area contributed by atoms with Crippen LogP contribution in [0.3, 0.4) is 0 Å². The summed E-state index contributed by atoms with van der Waals surface area (Å²) >= 11 is 1.79. The molecule has 0 aliphatic heterocycles. The third-order valence-corrected chi connectivity index (χ3v) is 4.54. The van der Waals surface area contributed by atoms with Crippen LogP contribution < -0.4 is 0 Å². The minimum Gasteiger partial charge on any atom is -0.395 e. The Kier molecular flexibility index (Phi) is 8.60. The predicted octanol–water partition coefficient (Wildman–Crippen LogP) is 3.74. The van der Waals surface area contributed by atoms with Crippen LogP contribution in [0.25, 0.3) is 0 Å². The second-order valence-corrected chi connectivity index (χ2v) is 6.08. The van der Waals surface area contributed by atoms with Gasteiger partial charge in [-0.15, -0.1) is 11.3 Å². The van der Waals surface area contributed by atoms with Crippen molar-refractivity contribution in [3.8, 4) is 11.8 Å². The van der Waals surface area contributed by atoms with Gasteiger partial charge in [0.25, 0.3) is 0 Å². The molecule has 0 spiro atoms. The van der Waals surface area contributed by atoms with E-state index in [-0.39, 0.29) is 6.61 Å². The Balaban J connectivity index is 2.56. The second kappa shape index (κ2) is 9.99. The van der Waals surface area contributed by atoms with E-state index in [9.17, 15) is 0 Å². The van der Waals surface area contributed by atoms with Gasteiger partial charge in [-0.25, -0.2) is 0 Å². The minimum atomic E-state index is 0.142. The number of aliphatic hydroxyl groups excluding tert-OH is 1. The third-order valence-electron chi connectivity index (χ3n) is 3.62. The highest BCUT2D eigenvalue weighted by Gasteiger charge is 2.11. The van der Waals surface area contributed by atoms with Crippen molar-refractivity contribution in [3.05, 3.63) is 21.9 Å². The van der Waals surface area contributed by atoms with E-state index in [4.69, 9.17) is 5.11 Å². The second-order valence-electron chi connectivity index (χ2n) is 5.09. The molecule has 1 heterocycles. The van der Waals surface area contributed by atoms with Crippen molar-refractivity contribution in [2.24, 2.45) is 5.92 Å². The number of hydrogen-bond donors (Lipinski definition) is 1. The average Bonchev–Trinajstić information content (AvgIpc) is 2.91. The number of nitrogens with zero attached hydrogens (tertiary/aromatic N) is 1. The largest absolute Gasteiger partial charge is 0.395 e. The zero-order valence-corrected chi connectivity index (χ0v) is 13.8. The SMILES string of the molecule is CCC(CC)CN(CC)Cc1cc(C#CCCO)cs1. The van der Waals surface area contributed by atoms with Crippen LogP contribution in [0.1, 0.15) is 50.5 Å². The monoisotopic (exact) mass is 293 g/mol. The van der Waals surface area contributed by atoms with Gasteiger partial charge in [-0.05, 0) is 18.5 Å². The van der Waals surface area contributed by atoms with Crippen LogP contribution in [0.4, 0.5) is 0 Å². The first kappa shape index (κ1) is 17.2. The fourth-order valence-electron chi connectivity index (χ4n) is 2.19. The zero-order valence-electron chi connectivity index (χ0n) is 13.0. The van der Waals surface area contributed by atoms with Crippen LogP contribution in [0.2, 0.25) is 0 Å². The normalized spacial score (nSPS) is 10.9. The van der Waals surface area contributed by atoms with Gasteiger partial charge in [0.15, 0.2) is 0 Å². The molecule has 0 atom stereocenters. The van der Waals surface area contributed by atoms with E-state index < -0.39 is 0 Å². The average molecular weight is 293 g/mol. The number of aliphatic hydroxyl groups is 1. The molecule has 0 aromatic carbocycles. The summed E-state index contributed by atoms with van der Waals surface area (Å²) in [4.78, 5) is 3.90. The molecule has 2 nitrogen and oxygen atoms in total. The Bertz CT molecular complexity index is 426. The lowest BCUT2D eigenvalue weighted by Gasteiger charge is -2.24. The molecule has 0 radical (unpaired) electrons. The fourth-order valence-corrected chi connectivity index (χ4v) is 3.04. The zero-order chi connectivity index (χ0) is 14.8. The van der Waals surface area contributed by atoms with Crippen molar-refractivity contribution in [2.45, 2.75) is 46.6 Å². The van der Waals surface area contributed by atoms with E-state index in [0.29, 0.717) is 6.42 Å². The number of hydrogen-bond acceptors (Lipinski definition) is 3. The van der Waals surface area contributed by atoms with Gasteiger partial charge in [-0.2, -0.15) is 0 Å². The first-order valence-electron chi connectivity index (χ1n) is 7.62. The fraction of sp³-hybridized carbons (Fsp3) is 0.647. The van der Waals surface area contributed by atoms with E-state index in [1.54, 1.807) is 11.3 Å². The molecule has 0 unspecified atom stereocenters. The first-order valence-corrected chi connectivity index (χ1v) is 8.50. The van der Waals surface area contributed by atoms with Gasteiger partial charge in [0.2, 0.25) is 0 Å². The molecule has 1 rings (SSSR count). The quantitative estimate of drug-likeness (QED) is 0.738. The molecule has 1 aromatic heterocycles. The smallest absolute Gasteiger partial charge is 0.0540 e.